The summed E-state index contributed by atoms with van der Waals surface area (Å²) in [4.78, 5) is 13.1. The fourth-order valence-corrected chi connectivity index (χ4v) is 5.04. The van der Waals surface area contributed by atoms with Gasteiger partial charge in [0.05, 0.1) is 10.6 Å². The molecule has 0 bridgehead atoms. The van der Waals surface area contributed by atoms with Crippen molar-refractivity contribution in [3.63, 3.8) is 0 Å². The number of aliphatic hydroxyl groups excluding tert-OH is 1. The van der Waals surface area contributed by atoms with Crippen LogP contribution in [0.5, 0.6) is 5.75 Å². The van der Waals surface area contributed by atoms with E-state index in [1.54, 1.807) is 30.3 Å². The van der Waals surface area contributed by atoms with E-state index in [9.17, 15) is 15.0 Å². The van der Waals surface area contributed by atoms with Gasteiger partial charge < -0.3 is 10.2 Å². The molecule has 3 atom stereocenters. The summed E-state index contributed by atoms with van der Waals surface area (Å²) in [6.07, 6.45) is 0.418. The summed E-state index contributed by atoms with van der Waals surface area (Å²) in [5, 5.41) is 30.9. The third-order valence-electron chi connectivity index (χ3n) is 6.05. The second-order valence-corrected chi connectivity index (χ2v) is 8.75. The van der Waals surface area contributed by atoms with Crippen molar-refractivity contribution in [1.82, 2.24) is 0 Å². The molecule has 0 radical (unpaired) electrons. The van der Waals surface area contributed by atoms with Gasteiger partial charge in [-0.3, -0.25) is 4.79 Å². The molecule has 7 heteroatoms. The molecule has 3 aromatic carbocycles. The molecule has 5 rings (SSSR count). The number of aromatic hydroxyl groups is 1. The molecule has 32 heavy (non-hydrogen) atoms. The normalized spacial score (nSPS) is 22.3. The first kappa shape index (κ1) is 20.7. The highest BCUT2D eigenvalue weighted by atomic mass is 35.5. The first-order valence-corrected chi connectivity index (χ1v) is 10.9. The first-order valence-electron chi connectivity index (χ1n) is 10.2. The molecule has 160 valence electrons. The molecule has 2 N–H and O–H groups in total. The lowest BCUT2D eigenvalue weighted by atomic mass is 9.80. The smallest absolute Gasteiger partial charge is 0.195 e. The van der Waals surface area contributed by atoms with Crippen molar-refractivity contribution >= 4 is 34.7 Å². The number of phenols is 1. The number of carbonyl (C=O) groups excluding carboxylic acids is 1. The van der Waals surface area contributed by atoms with Gasteiger partial charge in [0, 0.05) is 27.6 Å². The van der Waals surface area contributed by atoms with Crippen LogP contribution in [0.15, 0.2) is 82.5 Å². The summed E-state index contributed by atoms with van der Waals surface area (Å²) in [6.45, 7) is 0. The minimum Gasteiger partial charge on any atom is -0.507 e. The lowest BCUT2D eigenvalue weighted by Crippen LogP contribution is -2.25. The Balaban J connectivity index is 1.60. The highest BCUT2D eigenvalue weighted by molar-refractivity contribution is 6.35. The number of nitrogens with zero attached hydrogens (tertiary/aromatic N) is 2. The largest absolute Gasteiger partial charge is 0.507 e. The van der Waals surface area contributed by atoms with Crippen molar-refractivity contribution in [2.75, 3.05) is 0 Å². The van der Waals surface area contributed by atoms with Crippen molar-refractivity contribution in [2.24, 2.45) is 10.2 Å². The number of azo groups is 1. The van der Waals surface area contributed by atoms with E-state index in [2.05, 4.69) is 10.2 Å². The summed E-state index contributed by atoms with van der Waals surface area (Å²) in [5.74, 6) is -0.601. The first-order chi connectivity index (χ1) is 15.5. The van der Waals surface area contributed by atoms with Crippen LogP contribution in [0.4, 0.5) is 0 Å². The quantitative estimate of drug-likeness (QED) is 0.441. The zero-order valence-electron chi connectivity index (χ0n) is 16.7. The fraction of sp³-hybridized carbons (Fsp3) is 0.160. The Bertz CT molecular complexity index is 1290. The van der Waals surface area contributed by atoms with Crippen LogP contribution in [0.2, 0.25) is 10.0 Å². The van der Waals surface area contributed by atoms with Crippen molar-refractivity contribution in [1.29, 1.82) is 0 Å². The zero-order valence-corrected chi connectivity index (χ0v) is 18.3. The molecule has 0 saturated heterocycles. The van der Waals surface area contributed by atoms with Crippen LogP contribution in [-0.4, -0.2) is 22.0 Å². The summed E-state index contributed by atoms with van der Waals surface area (Å²) in [7, 11) is 0. The summed E-state index contributed by atoms with van der Waals surface area (Å²) in [5.41, 5.74) is 2.67. The summed E-state index contributed by atoms with van der Waals surface area (Å²) < 4.78 is 0. The number of phenolic OH excluding ortho intramolecular Hbond substituents is 1. The molecule has 0 spiro atoms. The Kier molecular flexibility index (Phi) is 5.24. The molecular weight excluding hydrogens is 447 g/mol. The average Bonchev–Trinajstić information content (AvgIpc) is 3.07. The Morgan fingerprint density at radius 1 is 0.875 bits per heavy atom. The predicted octanol–water partition coefficient (Wildman–Crippen LogP) is 6.91. The standard InChI is InChI=1S/C25H18Cl2N2O3/c26-14-10-18(23(30)19(27)11-14)22-17(13-6-2-1-3-7-13)12-20(28-29-22)21-24(31)15-8-4-5-9-16(15)25(21)32/h1-11,17,20,22,30-31H,12H2/t17-,20+,22+/m1/s1. The van der Waals surface area contributed by atoms with E-state index in [-0.39, 0.29) is 33.8 Å². The number of fused-ring (bicyclic) bond motifs is 1. The number of benzene rings is 3. The lowest BCUT2D eigenvalue weighted by Gasteiger charge is -2.31. The molecule has 1 aliphatic carbocycles. The lowest BCUT2D eigenvalue weighted by molar-refractivity contribution is 0.102. The highest BCUT2D eigenvalue weighted by Crippen LogP contribution is 2.49. The van der Waals surface area contributed by atoms with E-state index in [1.807, 2.05) is 30.3 Å². The van der Waals surface area contributed by atoms with Gasteiger partial charge in [0.2, 0.25) is 0 Å². The van der Waals surface area contributed by atoms with Gasteiger partial charge in [-0.1, -0.05) is 77.8 Å². The van der Waals surface area contributed by atoms with Gasteiger partial charge >= 0.3 is 0 Å². The highest BCUT2D eigenvalue weighted by Gasteiger charge is 2.40. The summed E-state index contributed by atoms with van der Waals surface area (Å²) >= 11 is 12.4. The van der Waals surface area contributed by atoms with Gasteiger partial charge in [0.1, 0.15) is 23.6 Å². The number of ketones is 1. The number of hydrogen-bond acceptors (Lipinski definition) is 5. The van der Waals surface area contributed by atoms with Gasteiger partial charge in [0.25, 0.3) is 0 Å². The van der Waals surface area contributed by atoms with Crippen molar-refractivity contribution in [3.05, 3.63) is 105 Å². The van der Waals surface area contributed by atoms with Gasteiger partial charge in [-0.15, -0.1) is 0 Å². The van der Waals surface area contributed by atoms with Crippen LogP contribution >= 0.6 is 23.2 Å². The molecule has 0 aromatic heterocycles. The maximum Gasteiger partial charge on any atom is 0.195 e. The Morgan fingerprint density at radius 3 is 2.28 bits per heavy atom. The number of rotatable bonds is 3. The number of halogens is 2. The SMILES string of the molecule is O=C1C([C@@H]2C[C@H](c3ccccc3)[C@@H](c3cc(Cl)cc(Cl)c3O)N=N2)=C(O)c2ccccc21. The van der Waals surface area contributed by atoms with E-state index in [0.29, 0.717) is 28.1 Å². The Morgan fingerprint density at radius 2 is 1.56 bits per heavy atom. The van der Waals surface area contributed by atoms with E-state index >= 15 is 0 Å². The number of Topliss-reactive ketones (excluding diaryl/α,β-unsaturated/α-hetero) is 1. The molecule has 3 aromatic rings. The van der Waals surface area contributed by atoms with Crippen molar-refractivity contribution < 1.29 is 15.0 Å². The molecule has 0 fully saturated rings. The second-order valence-electron chi connectivity index (χ2n) is 7.91. The topological polar surface area (TPSA) is 82.2 Å². The van der Waals surface area contributed by atoms with Crippen LogP contribution in [0, 0.1) is 0 Å². The van der Waals surface area contributed by atoms with Crippen LogP contribution in [0.25, 0.3) is 5.76 Å². The molecular formula is C25H18Cl2N2O3. The van der Waals surface area contributed by atoms with Gasteiger partial charge in [0.15, 0.2) is 5.78 Å². The second kappa shape index (κ2) is 8.08. The number of carbonyl (C=O) groups is 1. The molecule has 0 unspecified atom stereocenters. The Hall–Kier alpha value is -3.15. The molecule has 1 aliphatic heterocycles. The van der Waals surface area contributed by atoms with Gasteiger partial charge in [-0.05, 0) is 24.1 Å². The molecule has 0 saturated carbocycles. The third kappa shape index (κ3) is 3.38. The maximum atomic E-state index is 13.1. The maximum absolute atomic E-state index is 13.1. The molecule has 0 amide bonds. The van der Waals surface area contributed by atoms with E-state index in [1.165, 1.54) is 6.07 Å². The van der Waals surface area contributed by atoms with Gasteiger partial charge in [-0.25, -0.2) is 0 Å². The van der Waals surface area contributed by atoms with E-state index in [0.717, 1.165) is 5.56 Å². The van der Waals surface area contributed by atoms with E-state index in [4.69, 9.17) is 23.2 Å². The monoisotopic (exact) mass is 464 g/mol. The molecule has 5 nitrogen and oxygen atoms in total. The Labute approximate surface area is 194 Å². The van der Waals surface area contributed by atoms with Crippen LogP contribution in [0.1, 0.15) is 45.4 Å². The van der Waals surface area contributed by atoms with Crippen molar-refractivity contribution in [2.45, 2.75) is 24.4 Å². The van der Waals surface area contributed by atoms with Gasteiger partial charge in [-0.2, -0.15) is 10.2 Å². The van der Waals surface area contributed by atoms with E-state index < -0.39 is 12.1 Å². The zero-order chi connectivity index (χ0) is 22.4. The number of hydrogen-bond donors (Lipinski definition) is 2. The number of aliphatic hydroxyl groups is 1. The van der Waals surface area contributed by atoms with Crippen molar-refractivity contribution in [3.8, 4) is 5.75 Å². The average molecular weight is 465 g/mol. The van der Waals surface area contributed by atoms with Crippen LogP contribution < -0.4 is 0 Å². The fourth-order valence-electron chi connectivity index (χ4n) is 4.53. The molecule has 2 aliphatic rings. The van der Waals surface area contributed by atoms with Crippen LogP contribution in [0.3, 0.4) is 0 Å². The van der Waals surface area contributed by atoms with Crippen LogP contribution in [-0.2, 0) is 0 Å². The molecule has 1 heterocycles. The minimum atomic E-state index is -0.617. The minimum absolute atomic E-state index is 0.0477. The summed E-state index contributed by atoms with van der Waals surface area (Å²) in [6, 6.07) is 18.6. The third-order valence-corrected chi connectivity index (χ3v) is 6.56. The predicted molar refractivity (Wildman–Crippen MR) is 124 cm³/mol.